The molecule has 0 spiro atoms. The highest BCUT2D eigenvalue weighted by Gasteiger charge is 2.17. The molecule has 2 amide bonds. The lowest BCUT2D eigenvalue weighted by atomic mass is 10.1. The van der Waals surface area contributed by atoms with E-state index in [1.54, 1.807) is 7.11 Å². The summed E-state index contributed by atoms with van der Waals surface area (Å²) >= 11 is 0. The lowest BCUT2D eigenvalue weighted by Crippen LogP contribution is -2.38. The van der Waals surface area contributed by atoms with Gasteiger partial charge < -0.3 is 15.4 Å². The lowest BCUT2D eigenvalue weighted by Gasteiger charge is -2.15. The second-order valence-electron chi connectivity index (χ2n) is 4.68. The number of amides is 2. The third-order valence-corrected chi connectivity index (χ3v) is 3.16. The molecule has 0 bridgehead atoms. The monoisotopic (exact) mass is 268 g/mol. The van der Waals surface area contributed by atoms with Gasteiger partial charge in [0.05, 0.1) is 11.7 Å². The highest BCUT2D eigenvalue weighted by atomic mass is 16.5. The molecule has 6 heteroatoms. The molecular formula is C13H24N4O2. The predicted octanol–water partition coefficient (Wildman–Crippen LogP) is 1.43. The van der Waals surface area contributed by atoms with Crippen LogP contribution in [0.25, 0.3) is 0 Å². The van der Waals surface area contributed by atoms with E-state index in [9.17, 15) is 4.79 Å². The smallest absolute Gasteiger partial charge is 0.315 e. The Bertz CT molecular complexity index is 429. The number of ether oxygens (including phenoxy) is 1. The fraction of sp³-hybridized carbons (Fsp3) is 0.692. The first kappa shape index (κ1) is 15.5. The molecule has 1 aromatic rings. The van der Waals surface area contributed by atoms with Crippen molar-refractivity contribution in [2.75, 3.05) is 20.3 Å². The van der Waals surface area contributed by atoms with Gasteiger partial charge in [0.25, 0.3) is 0 Å². The van der Waals surface area contributed by atoms with E-state index in [4.69, 9.17) is 4.74 Å². The minimum atomic E-state index is -0.161. The van der Waals surface area contributed by atoms with Crippen LogP contribution in [0.1, 0.15) is 36.3 Å². The third-order valence-electron chi connectivity index (χ3n) is 3.16. The van der Waals surface area contributed by atoms with Gasteiger partial charge in [-0.2, -0.15) is 5.10 Å². The fourth-order valence-corrected chi connectivity index (χ4v) is 2.15. The molecule has 2 N–H and O–H groups in total. The number of urea groups is 1. The number of hydrogen-bond donors (Lipinski definition) is 2. The second kappa shape index (κ2) is 7.13. The Morgan fingerprint density at radius 1 is 1.47 bits per heavy atom. The number of carbonyl (C=O) groups excluding carboxylic acids is 1. The Labute approximate surface area is 114 Å². The summed E-state index contributed by atoms with van der Waals surface area (Å²) in [5.41, 5.74) is 3.10. The number of hydrogen-bond acceptors (Lipinski definition) is 3. The van der Waals surface area contributed by atoms with Gasteiger partial charge in [0, 0.05) is 38.6 Å². The maximum atomic E-state index is 11.7. The minimum absolute atomic E-state index is 0.0591. The molecule has 0 fully saturated rings. The Morgan fingerprint density at radius 3 is 2.68 bits per heavy atom. The molecule has 0 aromatic carbocycles. The summed E-state index contributed by atoms with van der Waals surface area (Å²) in [5, 5.41) is 10.1. The van der Waals surface area contributed by atoms with Gasteiger partial charge in [-0.15, -0.1) is 0 Å². The molecule has 1 aromatic heterocycles. The molecule has 1 heterocycles. The Kier molecular flexibility index (Phi) is 5.82. The molecule has 0 aliphatic rings. The summed E-state index contributed by atoms with van der Waals surface area (Å²) in [4.78, 5) is 11.7. The van der Waals surface area contributed by atoms with E-state index in [-0.39, 0.29) is 12.1 Å². The molecule has 1 unspecified atom stereocenters. The summed E-state index contributed by atoms with van der Waals surface area (Å²) in [6.45, 7) is 7.18. The van der Waals surface area contributed by atoms with E-state index >= 15 is 0 Å². The zero-order valence-electron chi connectivity index (χ0n) is 12.4. The minimum Gasteiger partial charge on any atom is -0.385 e. The van der Waals surface area contributed by atoms with Gasteiger partial charge in [0.1, 0.15) is 0 Å². The van der Waals surface area contributed by atoms with Gasteiger partial charge in [0.2, 0.25) is 0 Å². The maximum absolute atomic E-state index is 11.7. The van der Waals surface area contributed by atoms with Crippen molar-refractivity contribution in [2.45, 2.75) is 33.2 Å². The predicted molar refractivity (Wildman–Crippen MR) is 74.1 cm³/mol. The molecule has 1 atom stereocenters. The average molecular weight is 268 g/mol. The zero-order chi connectivity index (χ0) is 14.4. The topological polar surface area (TPSA) is 68.2 Å². The van der Waals surface area contributed by atoms with Gasteiger partial charge in [-0.3, -0.25) is 4.68 Å². The Hall–Kier alpha value is -1.56. The van der Waals surface area contributed by atoms with E-state index in [0.29, 0.717) is 13.2 Å². The molecular weight excluding hydrogens is 244 g/mol. The number of methoxy groups -OCH3 is 1. The van der Waals surface area contributed by atoms with Crippen LogP contribution >= 0.6 is 0 Å². The summed E-state index contributed by atoms with van der Waals surface area (Å²) < 4.78 is 6.76. The van der Waals surface area contributed by atoms with Crippen molar-refractivity contribution in [3.8, 4) is 0 Å². The quantitative estimate of drug-likeness (QED) is 0.767. The fourth-order valence-electron chi connectivity index (χ4n) is 2.15. The summed E-state index contributed by atoms with van der Waals surface area (Å²) in [6, 6.07) is -0.220. The first-order chi connectivity index (χ1) is 8.97. The molecule has 1 rings (SSSR count). The van der Waals surface area contributed by atoms with Gasteiger partial charge in [-0.05, 0) is 27.2 Å². The van der Waals surface area contributed by atoms with Crippen molar-refractivity contribution in [1.82, 2.24) is 20.4 Å². The standard InChI is InChI=1S/C13H24N4O2/c1-9(12-10(2)16-17(4)11(12)3)15-13(18)14-7-6-8-19-5/h9H,6-8H2,1-5H3,(H2,14,15,18). The summed E-state index contributed by atoms with van der Waals surface area (Å²) in [6.07, 6.45) is 0.809. The molecule has 0 aliphatic carbocycles. The van der Waals surface area contributed by atoms with E-state index < -0.39 is 0 Å². The van der Waals surface area contributed by atoms with E-state index in [2.05, 4.69) is 15.7 Å². The van der Waals surface area contributed by atoms with Gasteiger partial charge in [-0.1, -0.05) is 0 Å². The SMILES string of the molecule is COCCCNC(=O)NC(C)c1c(C)nn(C)c1C. The lowest BCUT2D eigenvalue weighted by molar-refractivity contribution is 0.193. The average Bonchev–Trinajstić information content (AvgIpc) is 2.59. The molecule has 19 heavy (non-hydrogen) atoms. The van der Waals surface area contributed by atoms with Gasteiger partial charge in [-0.25, -0.2) is 4.79 Å². The number of rotatable bonds is 6. The first-order valence-corrected chi connectivity index (χ1v) is 6.50. The number of aryl methyl sites for hydroxylation is 2. The number of nitrogens with zero attached hydrogens (tertiary/aromatic N) is 2. The molecule has 0 saturated heterocycles. The van der Waals surface area contributed by atoms with Crippen LogP contribution in [0.15, 0.2) is 0 Å². The number of aromatic nitrogens is 2. The van der Waals surface area contributed by atoms with E-state index in [1.165, 1.54) is 0 Å². The highest BCUT2D eigenvalue weighted by molar-refractivity contribution is 5.74. The number of carbonyl (C=O) groups is 1. The van der Waals surface area contributed by atoms with Crippen molar-refractivity contribution in [3.05, 3.63) is 17.0 Å². The normalized spacial score (nSPS) is 12.3. The van der Waals surface area contributed by atoms with Gasteiger partial charge >= 0.3 is 6.03 Å². The maximum Gasteiger partial charge on any atom is 0.315 e. The Morgan fingerprint density at radius 2 is 2.16 bits per heavy atom. The van der Waals surface area contributed by atoms with Crippen LogP contribution in [0.4, 0.5) is 4.79 Å². The van der Waals surface area contributed by atoms with E-state index in [1.807, 2.05) is 32.5 Å². The van der Waals surface area contributed by atoms with Crippen LogP contribution in [0, 0.1) is 13.8 Å². The molecule has 0 aliphatic heterocycles. The van der Waals surface area contributed by atoms with Crippen molar-refractivity contribution < 1.29 is 9.53 Å². The van der Waals surface area contributed by atoms with E-state index in [0.717, 1.165) is 23.4 Å². The van der Waals surface area contributed by atoms with Crippen LogP contribution in [-0.2, 0) is 11.8 Å². The van der Waals surface area contributed by atoms with Crippen LogP contribution in [-0.4, -0.2) is 36.1 Å². The largest absolute Gasteiger partial charge is 0.385 e. The highest BCUT2D eigenvalue weighted by Crippen LogP contribution is 2.20. The van der Waals surface area contributed by atoms with Gasteiger partial charge in [0.15, 0.2) is 0 Å². The molecule has 6 nitrogen and oxygen atoms in total. The Balaban J connectivity index is 2.50. The van der Waals surface area contributed by atoms with Crippen molar-refractivity contribution in [1.29, 1.82) is 0 Å². The molecule has 108 valence electrons. The van der Waals surface area contributed by atoms with Crippen LogP contribution < -0.4 is 10.6 Å². The summed E-state index contributed by atoms with van der Waals surface area (Å²) in [7, 11) is 3.56. The van der Waals surface area contributed by atoms with Crippen LogP contribution in [0.2, 0.25) is 0 Å². The number of nitrogens with one attached hydrogen (secondary N) is 2. The third kappa shape index (κ3) is 4.24. The van der Waals surface area contributed by atoms with Crippen LogP contribution in [0.3, 0.4) is 0 Å². The second-order valence-corrected chi connectivity index (χ2v) is 4.68. The first-order valence-electron chi connectivity index (χ1n) is 6.50. The van der Waals surface area contributed by atoms with Crippen LogP contribution in [0.5, 0.6) is 0 Å². The molecule has 0 saturated carbocycles. The zero-order valence-corrected chi connectivity index (χ0v) is 12.4. The molecule has 0 radical (unpaired) electrons. The summed E-state index contributed by atoms with van der Waals surface area (Å²) in [5.74, 6) is 0. The van der Waals surface area contributed by atoms with Crippen molar-refractivity contribution in [3.63, 3.8) is 0 Å². The van der Waals surface area contributed by atoms with Crippen molar-refractivity contribution >= 4 is 6.03 Å². The van der Waals surface area contributed by atoms with Crippen molar-refractivity contribution in [2.24, 2.45) is 7.05 Å².